The molecule has 2 N–H and O–H groups in total. The molecule has 1 amide bonds. The number of aromatic nitrogens is 2. The molecule has 2 unspecified atom stereocenters. The summed E-state index contributed by atoms with van der Waals surface area (Å²) in [6.07, 6.45) is 0.916. The van der Waals surface area contributed by atoms with E-state index < -0.39 is 17.4 Å². The van der Waals surface area contributed by atoms with Crippen LogP contribution in [0.3, 0.4) is 0 Å². The van der Waals surface area contributed by atoms with Crippen LogP contribution in [0.25, 0.3) is 34.0 Å². The van der Waals surface area contributed by atoms with Crippen LogP contribution in [0.2, 0.25) is 0 Å². The minimum atomic E-state index is -0.739. The molecule has 0 aliphatic carbocycles. The Bertz CT molecular complexity index is 1550. The number of rotatable bonds is 9. The second kappa shape index (κ2) is 12.2. The number of ether oxygens (including phenoxy) is 1. The summed E-state index contributed by atoms with van der Waals surface area (Å²) < 4.78 is 25.7. The number of piperidine rings is 1. The molecule has 5 rings (SSSR count). The number of hydrogen-bond donors (Lipinski definition) is 1. The number of likely N-dealkylation sites (tertiary alicyclic amines) is 1. The van der Waals surface area contributed by atoms with E-state index in [1.165, 1.54) is 6.07 Å². The first-order valence-corrected chi connectivity index (χ1v) is 14.2. The zero-order chi connectivity index (χ0) is 29.9. The van der Waals surface area contributed by atoms with Gasteiger partial charge in [-0.3, -0.25) is 14.5 Å². The Hall–Kier alpha value is -4.37. The first-order chi connectivity index (χ1) is 20.2. The van der Waals surface area contributed by atoms with Crippen LogP contribution in [0.5, 0.6) is 0 Å². The number of esters is 1. The van der Waals surface area contributed by atoms with Crippen molar-refractivity contribution in [3.05, 3.63) is 84.2 Å². The Labute approximate surface area is 244 Å². The summed E-state index contributed by atoms with van der Waals surface area (Å²) >= 11 is 0. The van der Waals surface area contributed by atoms with Gasteiger partial charge in [-0.2, -0.15) is 4.98 Å². The molecule has 42 heavy (non-hydrogen) atoms. The molecule has 1 fully saturated rings. The lowest BCUT2D eigenvalue weighted by molar-refractivity contribution is -0.165. The molecule has 1 aromatic heterocycles. The lowest BCUT2D eigenvalue weighted by Crippen LogP contribution is -2.56. The average Bonchev–Trinajstić information content (AvgIpc) is 3.48. The maximum absolute atomic E-state index is 14.9. The first kappa shape index (κ1) is 29.1. The highest BCUT2D eigenvalue weighted by Crippen LogP contribution is 2.43. The zero-order valence-corrected chi connectivity index (χ0v) is 24.0. The van der Waals surface area contributed by atoms with E-state index in [0.717, 1.165) is 16.7 Å². The Morgan fingerprint density at radius 1 is 1.07 bits per heavy atom. The third-order valence-corrected chi connectivity index (χ3v) is 8.28. The third-order valence-electron chi connectivity index (χ3n) is 8.28. The summed E-state index contributed by atoms with van der Waals surface area (Å²) in [5.74, 6) is -0.466. The normalized spacial score (nSPS) is 19.1. The molecule has 1 aliphatic heterocycles. The fraction of sp³-hybridized carbons (Fsp3) is 0.333. The number of halogens is 1. The number of hydrogen-bond acceptors (Lipinski definition) is 7. The fourth-order valence-electron chi connectivity index (χ4n) is 5.72. The number of carbonyl (C=O) groups is 2. The Balaban J connectivity index is 1.29. The lowest BCUT2D eigenvalue weighted by atomic mass is 9.67. The van der Waals surface area contributed by atoms with Crippen molar-refractivity contribution in [1.82, 2.24) is 15.0 Å². The number of amides is 1. The van der Waals surface area contributed by atoms with Gasteiger partial charge in [0.15, 0.2) is 0 Å². The lowest BCUT2D eigenvalue weighted by Gasteiger charge is -2.46. The number of nitrogens with zero attached hydrogens (tertiary/aromatic N) is 3. The third kappa shape index (κ3) is 5.83. The van der Waals surface area contributed by atoms with Gasteiger partial charge in [-0.25, -0.2) is 4.39 Å². The summed E-state index contributed by atoms with van der Waals surface area (Å²) in [4.78, 5) is 31.9. The molecule has 1 aliphatic rings. The van der Waals surface area contributed by atoms with E-state index in [1.54, 1.807) is 19.1 Å². The van der Waals surface area contributed by atoms with E-state index >= 15 is 0 Å². The van der Waals surface area contributed by atoms with E-state index in [-0.39, 0.29) is 23.6 Å². The van der Waals surface area contributed by atoms with Gasteiger partial charge in [-0.05, 0) is 48.9 Å². The molecule has 1 saturated heterocycles. The van der Waals surface area contributed by atoms with Gasteiger partial charge in [-0.15, -0.1) is 0 Å². The predicted octanol–water partition coefficient (Wildman–Crippen LogP) is 5.86. The number of nitrogens with two attached hydrogens (primary N) is 1. The van der Waals surface area contributed by atoms with Crippen LogP contribution in [0.15, 0.2) is 77.3 Å². The molecule has 218 valence electrons. The standard InChI is InChI=1S/C33H35FN4O4/c1-4-41-32(40)33(21(2)3)16-17-38(28(19-33)29(35)39)20-22-10-12-24(13-11-22)30-36-31(42-37-30)25-14-15-26(27(34)18-25)23-8-6-5-7-9-23/h5-15,18,21,28H,4,16-17,19-20H2,1-3H3,(H2,35,39). The van der Waals surface area contributed by atoms with Crippen LogP contribution in [0.1, 0.15) is 39.2 Å². The van der Waals surface area contributed by atoms with Gasteiger partial charge in [-0.1, -0.05) is 79.7 Å². The van der Waals surface area contributed by atoms with Crippen molar-refractivity contribution in [2.45, 2.75) is 46.2 Å². The quantitative estimate of drug-likeness (QED) is 0.251. The molecule has 3 aromatic carbocycles. The van der Waals surface area contributed by atoms with Gasteiger partial charge in [0.2, 0.25) is 11.7 Å². The SMILES string of the molecule is CCOC(=O)C1(C(C)C)CCN(Cc2ccc(-c3noc(-c4ccc(-c5ccccc5)c(F)c4)n3)cc2)C(C(N)=O)C1. The number of carbonyl (C=O) groups excluding carboxylic acids is 2. The second-order valence-electron chi connectivity index (χ2n) is 11.1. The zero-order valence-electron chi connectivity index (χ0n) is 24.0. The molecule has 2 atom stereocenters. The van der Waals surface area contributed by atoms with Crippen LogP contribution >= 0.6 is 0 Å². The Morgan fingerprint density at radius 2 is 1.79 bits per heavy atom. The van der Waals surface area contributed by atoms with E-state index in [9.17, 15) is 14.0 Å². The average molecular weight is 571 g/mol. The van der Waals surface area contributed by atoms with Crippen molar-refractivity contribution in [3.63, 3.8) is 0 Å². The van der Waals surface area contributed by atoms with E-state index in [1.807, 2.05) is 73.3 Å². The summed E-state index contributed by atoms with van der Waals surface area (Å²) in [5.41, 5.74) is 8.57. The highest BCUT2D eigenvalue weighted by atomic mass is 19.1. The molecule has 2 heterocycles. The van der Waals surface area contributed by atoms with Gasteiger partial charge in [0.05, 0.1) is 18.1 Å². The maximum Gasteiger partial charge on any atom is 0.312 e. The van der Waals surface area contributed by atoms with E-state index in [4.69, 9.17) is 15.0 Å². The summed E-state index contributed by atoms with van der Waals surface area (Å²) in [7, 11) is 0. The predicted molar refractivity (Wildman–Crippen MR) is 157 cm³/mol. The molecular formula is C33H35FN4O4. The van der Waals surface area contributed by atoms with Crippen molar-refractivity contribution >= 4 is 11.9 Å². The molecule has 0 bridgehead atoms. The maximum atomic E-state index is 14.9. The van der Waals surface area contributed by atoms with Crippen LogP contribution < -0.4 is 5.73 Å². The molecule has 4 aromatic rings. The van der Waals surface area contributed by atoms with Crippen molar-refractivity contribution in [1.29, 1.82) is 0 Å². The minimum Gasteiger partial charge on any atom is -0.466 e. The molecule has 0 saturated carbocycles. The highest BCUT2D eigenvalue weighted by Gasteiger charge is 2.50. The van der Waals surface area contributed by atoms with Crippen molar-refractivity contribution in [3.8, 4) is 34.0 Å². The van der Waals surface area contributed by atoms with Gasteiger partial charge in [0, 0.05) is 29.8 Å². The van der Waals surface area contributed by atoms with Crippen LogP contribution in [0, 0.1) is 17.2 Å². The van der Waals surface area contributed by atoms with Crippen molar-refractivity contribution in [2.75, 3.05) is 13.2 Å². The summed E-state index contributed by atoms with van der Waals surface area (Å²) in [6.45, 7) is 7.10. The highest BCUT2D eigenvalue weighted by molar-refractivity contribution is 5.83. The number of primary amides is 1. The van der Waals surface area contributed by atoms with Crippen molar-refractivity contribution in [2.24, 2.45) is 17.1 Å². The van der Waals surface area contributed by atoms with Crippen LogP contribution in [-0.4, -0.2) is 46.1 Å². The largest absolute Gasteiger partial charge is 0.466 e. The molecule has 9 heteroatoms. The Kier molecular flexibility index (Phi) is 8.49. The van der Waals surface area contributed by atoms with E-state index in [2.05, 4.69) is 10.1 Å². The smallest absolute Gasteiger partial charge is 0.312 e. The minimum absolute atomic E-state index is 0.0120. The molecule has 8 nitrogen and oxygen atoms in total. The molecule has 0 radical (unpaired) electrons. The Morgan fingerprint density at radius 3 is 2.43 bits per heavy atom. The molecular weight excluding hydrogens is 535 g/mol. The van der Waals surface area contributed by atoms with Crippen molar-refractivity contribution < 1.29 is 23.2 Å². The van der Waals surface area contributed by atoms with Gasteiger partial charge >= 0.3 is 5.97 Å². The monoisotopic (exact) mass is 570 g/mol. The van der Waals surface area contributed by atoms with Gasteiger partial charge in [0.25, 0.3) is 5.89 Å². The topological polar surface area (TPSA) is 112 Å². The first-order valence-electron chi connectivity index (χ1n) is 14.2. The van der Waals surface area contributed by atoms with Crippen LogP contribution in [0.4, 0.5) is 4.39 Å². The van der Waals surface area contributed by atoms with Gasteiger partial charge in [0.1, 0.15) is 5.82 Å². The van der Waals surface area contributed by atoms with Crippen LogP contribution in [-0.2, 0) is 20.9 Å². The van der Waals surface area contributed by atoms with E-state index in [0.29, 0.717) is 49.5 Å². The number of benzene rings is 3. The van der Waals surface area contributed by atoms with Gasteiger partial charge < -0.3 is 15.0 Å². The second-order valence-corrected chi connectivity index (χ2v) is 11.1. The summed E-state index contributed by atoms with van der Waals surface area (Å²) in [6, 6.07) is 21.2. The summed E-state index contributed by atoms with van der Waals surface area (Å²) in [5, 5.41) is 4.09. The molecule has 0 spiro atoms. The fourth-order valence-corrected chi connectivity index (χ4v) is 5.72.